The highest BCUT2D eigenvalue weighted by Gasteiger charge is 2.19. The Balaban J connectivity index is 0.000000288. The predicted molar refractivity (Wildman–Crippen MR) is 356 cm³/mol. The van der Waals surface area contributed by atoms with Crippen molar-refractivity contribution in [3.8, 4) is 0 Å². The average molecular weight is 2070 g/mol. The fourth-order valence-corrected chi connectivity index (χ4v) is 20.2. The molecule has 6 aromatic carbocycles. The number of hydrogen-bond acceptors (Lipinski definition) is 0. The van der Waals surface area contributed by atoms with Crippen molar-refractivity contribution in [2.75, 3.05) is 0 Å². The molecule has 0 saturated heterocycles. The van der Waals surface area contributed by atoms with Crippen LogP contribution in [-0.4, -0.2) is 0 Å². The normalized spacial score (nSPS) is 10.5. The lowest BCUT2D eigenvalue weighted by Crippen LogP contribution is -1.94. The van der Waals surface area contributed by atoms with E-state index >= 15 is 0 Å². The Morgan fingerprint density at radius 1 is 0.209 bits per heavy atom. The lowest BCUT2D eigenvalue weighted by molar-refractivity contribution is 1.05. The highest BCUT2D eigenvalue weighted by molar-refractivity contribution is 9.17. The van der Waals surface area contributed by atoms with Gasteiger partial charge in [0.05, 0.1) is 0 Å². The van der Waals surface area contributed by atoms with Crippen LogP contribution in [0.4, 0.5) is 0 Å². The topological polar surface area (TPSA) is 0 Å². The second kappa shape index (κ2) is 34.0. The predicted octanol–water partition coefficient (Wildman–Crippen LogP) is 27.1. The van der Waals surface area contributed by atoms with Gasteiger partial charge in [0.15, 0.2) is 0 Å². The second-order valence-electron chi connectivity index (χ2n) is 13.8. The average Bonchev–Trinajstić information content (AvgIpc) is 3.33. The Hall–Kier alpha value is 3.96. The van der Waals surface area contributed by atoms with Gasteiger partial charge in [-0.1, -0.05) is 102 Å². The van der Waals surface area contributed by atoms with Gasteiger partial charge < -0.3 is 0 Å². The Morgan fingerprint density at radius 2 is 0.343 bits per heavy atom. The third kappa shape index (κ3) is 18.6. The van der Waals surface area contributed by atoms with Gasteiger partial charge in [0.1, 0.15) is 0 Å². The molecule has 0 bridgehead atoms. The van der Waals surface area contributed by atoms with E-state index in [2.05, 4.69) is 389 Å². The molecular weight excluding hydrogens is 2030 g/mol. The van der Waals surface area contributed by atoms with Crippen molar-refractivity contribution in [2.24, 2.45) is 0 Å². The maximum atomic E-state index is 3.62. The molecule has 6 aromatic rings. The summed E-state index contributed by atoms with van der Waals surface area (Å²) < 4.78 is 19.8. The highest BCUT2D eigenvalue weighted by Crippen LogP contribution is 2.47. The molecule has 0 radical (unpaired) electrons. The van der Waals surface area contributed by atoms with Crippen molar-refractivity contribution in [3.05, 3.63) is 186 Å². The van der Waals surface area contributed by atoms with Crippen LogP contribution in [0.25, 0.3) is 0 Å². The summed E-state index contributed by atoms with van der Waals surface area (Å²) in [5, 5.41) is 0. The Kier molecular flexibility index (Phi) is 34.0. The van der Waals surface area contributed by atoms with Crippen LogP contribution in [0.1, 0.15) is 86.1 Å². The van der Waals surface area contributed by atoms with Gasteiger partial charge in [-0.25, -0.2) is 0 Å². The summed E-state index contributed by atoms with van der Waals surface area (Å²) in [4.78, 5) is 0. The zero-order valence-corrected chi connectivity index (χ0v) is 65.1. The van der Waals surface area contributed by atoms with E-state index in [1.807, 2.05) is 0 Å². The van der Waals surface area contributed by atoms with E-state index in [0.717, 1.165) is 125 Å². The van der Waals surface area contributed by atoms with Gasteiger partial charge in [-0.2, -0.15) is 0 Å². The molecule has 6 rings (SSSR count). The SMILES string of the molecule is CCc1c(Br)c(Br)c(Br)c(Br)c1Br.CCc1c(Br)c(Br)c(Br)c(Br)c1Br.CCc1c(Br)c(Br)c(CC)c(Br)c1Br.CCc1c(Br)c(Br)c(CC)c(Br)c1Br.c1ccc(Cc2ccccc2)cc1. The maximum absolute atomic E-state index is 3.62. The van der Waals surface area contributed by atoms with Crippen molar-refractivity contribution in [1.82, 2.24) is 0 Å². The molecular formula is C49H42Br18. The molecule has 0 unspecified atom stereocenters. The summed E-state index contributed by atoms with van der Waals surface area (Å²) in [5.41, 5.74) is 10.4. The van der Waals surface area contributed by atoms with Gasteiger partial charge in [0.25, 0.3) is 0 Å². The zero-order chi connectivity index (χ0) is 51.0. The van der Waals surface area contributed by atoms with E-state index in [4.69, 9.17) is 0 Å². The van der Waals surface area contributed by atoms with Crippen molar-refractivity contribution in [2.45, 2.75) is 86.5 Å². The molecule has 364 valence electrons. The summed E-state index contributed by atoms with van der Waals surface area (Å²) >= 11 is 64.2. The minimum atomic E-state index is 0.978. The summed E-state index contributed by atoms with van der Waals surface area (Å²) in [7, 11) is 0. The number of hydrogen-bond donors (Lipinski definition) is 0. The first kappa shape index (κ1) is 67.1. The summed E-state index contributed by atoms with van der Waals surface area (Å²) in [6, 6.07) is 21.1. The van der Waals surface area contributed by atoms with Crippen molar-refractivity contribution >= 4 is 287 Å². The standard InChI is InChI=1S/C13H12.2C10H10Br4.2C8H5Br5/c1-3-7-12(8-4-1)11-13-9-5-2-6-10-13;2*1-3-5-7(11)9(13)6(4-2)10(14)8(5)12;2*1-2-3-4(9)6(11)8(13)7(12)5(3)10/h1-10H,11H2;2*3-4H2,1-2H3;2*2H2,1H3. The molecule has 0 atom stereocenters. The van der Waals surface area contributed by atoms with Crippen molar-refractivity contribution in [1.29, 1.82) is 0 Å². The van der Waals surface area contributed by atoms with Crippen LogP contribution < -0.4 is 0 Å². The van der Waals surface area contributed by atoms with E-state index in [9.17, 15) is 0 Å². The molecule has 0 aliphatic carbocycles. The first-order valence-electron chi connectivity index (χ1n) is 20.3. The van der Waals surface area contributed by atoms with Gasteiger partial charge in [-0.05, 0) is 376 Å². The quantitative estimate of drug-likeness (QED) is 0.105. The fraction of sp³-hybridized carbons (Fsp3) is 0.265. The molecule has 0 N–H and O–H groups in total. The first-order valence-corrected chi connectivity index (χ1v) is 34.6. The second-order valence-corrected chi connectivity index (χ2v) is 28.1. The third-order valence-corrected chi connectivity index (χ3v) is 31.4. The molecule has 18 heteroatoms. The van der Waals surface area contributed by atoms with Crippen molar-refractivity contribution in [3.63, 3.8) is 0 Å². The fourth-order valence-electron chi connectivity index (χ4n) is 6.04. The van der Waals surface area contributed by atoms with Gasteiger partial charge in [0, 0.05) is 80.5 Å². The van der Waals surface area contributed by atoms with E-state index in [0.29, 0.717) is 0 Å². The lowest BCUT2D eigenvalue weighted by Gasteiger charge is -2.14. The zero-order valence-electron chi connectivity index (χ0n) is 36.5. The molecule has 0 amide bonds. The summed E-state index contributed by atoms with van der Waals surface area (Å²) in [5.74, 6) is 0. The Labute approximate surface area is 549 Å². The highest BCUT2D eigenvalue weighted by atomic mass is 79.9. The van der Waals surface area contributed by atoms with E-state index in [1.54, 1.807) is 0 Å². The van der Waals surface area contributed by atoms with Crippen LogP contribution >= 0.6 is 287 Å². The molecule has 0 nitrogen and oxygen atoms in total. The van der Waals surface area contributed by atoms with Gasteiger partial charge >= 0.3 is 0 Å². The molecule has 0 fully saturated rings. The Morgan fingerprint density at radius 3 is 0.493 bits per heavy atom. The van der Waals surface area contributed by atoms with E-state index < -0.39 is 0 Å². The molecule has 0 aliphatic heterocycles. The van der Waals surface area contributed by atoms with E-state index in [-0.39, 0.29) is 0 Å². The smallest absolute Gasteiger partial charge is 0.0482 e. The first-order chi connectivity index (χ1) is 31.5. The Bertz CT molecular complexity index is 2230. The molecule has 0 saturated carbocycles. The van der Waals surface area contributed by atoms with Crippen LogP contribution in [0.15, 0.2) is 141 Å². The van der Waals surface area contributed by atoms with Crippen LogP contribution in [0.2, 0.25) is 0 Å². The van der Waals surface area contributed by atoms with Crippen LogP contribution in [0.5, 0.6) is 0 Å². The van der Waals surface area contributed by atoms with Crippen LogP contribution in [0, 0.1) is 0 Å². The van der Waals surface area contributed by atoms with E-state index in [1.165, 1.54) is 44.5 Å². The van der Waals surface area contributed by atoms with Gasteiger partial charge in [0.2, 0.25) is 0 Å². The molecule has 0 heterocycles. The van der Waals surface area contributed by atoms with Gasteiger partial charge in [-0.3, -0.25) is 0 Å². The molecule has 0 aromatic heterocycles. The molecule has 0 spiro atoms. The number of rotatable bonds is 8. The van der Waals surface area contributed by atoms with Gasteiger partial charge in [-0.15, -0.1) is 0 Å². The molecule has 0 aliphatic rings. The number of benzene rings is 6. The monoisotopic (exact) mass is 2050 g/mol. The lowest BCUT2D eigenvalue weighted by atomic mass is 10.1. The largest absolute Gasteiger partial charge is 0.0622 e. The summed E-state index contributed by atoms with van der Waals surface area (Å²) in [6.07, 6.45) is 6.99. The number of halogens is 18. The van der Waals surface area contributed by atoms with Crippen LogP contribution in [0.3, 0.4) is 0 Å². The minimum absolute atomic E-state index is 0.978. The van der Waals surface area contributed by atoms with Crippen LogP contribution in [-0.2, 0) is 44.9 Å². The maximum Gasteiger partial charge on any atom is 0.0482 e. The summed E-state index contributed by atoms with van der Waals surface area (Å²) in [6.45, 7) is 12.8. The van der Waals surface area contributed by atoms with Crippen molar-refractivity contribution < 1.29 is 0 Å². The minimum Gasteiger partial charge on any atom is -0.0622 e. The third-order valence-electron chi connectivity index (χ3n) is 9.71. The molecule has 67 heavy (non-hydrogen) atoms.